The third kappa shape index (κ3) is 3.95. The van der Waals surface area contributed by atoms with E-state index in [0.717, 1.165) is 5.70 Å². The van der Waals surface area contributed by atoms with Gasteiger partial charge in [0.05, 0.1) is 0 Å². The molecule has 0 atom stereocenters. The molecule has 0 heterocycles. The molecule has 0 fully saturated rings. The standard InChI is InChI=1S/C12H23NO/c1-11(2,3)9(13-7)8-10(14)12(4,5)6/h8,13H,1-7H3/b9-8-. The molecule has 14 heavy (non-hydrogen) atoms. The minimum Gasteiger partial charge on any atom is -0.391 e. The predicted octanol–water partition coefficient (Wildman–Crippen LogP) is 2.75. The molecular formula is C12H23NO. The van der Waals surface area contributed by atoms with Crippen molar-refractivity contribution in [2.45, 2.75) is 41.5 Å². The minimum atomic E-state index is -0.298. The van der Waals surface area contributed by atoms with Gasteiger partial charge in [-0.3, -0.25) is 4.79 Å². The lowest BCUT2D eigenvalue weighted by Crippen LogP contribution is -2.25. The Morgan fingerprint density at radius 3 is 1.64 bits per heavy atom. The first-order valence-electron chi connectivity index (χ1n) is 5.03. The quantitative estimate of drug-likeness (QED) is 0.690. The van der Waals surface area contributed by atoms with Crippen molar-refractivity contribution in [3.63, 3.8) is 0 Å². The van der Waals surface area contributed by atoms with E-state index < -0.39 is 0 Å². The maximum Gasteiger partial charge on any atom is 0.162 e. The smallest absolute Gasteiger partial charge is 0.162 e. The van der Waals surface area contributed by atoms with Crippen LogP contribution >= 0.6 is 0 Å². The Morgan fingerprint density at radius 2 is 1.43 bits per heavy atom. The van der Waals surface area contributed by atoms with Crippen LogP contribution in [0.15, 0.2) is 11.8 Å². The van der Waals surface area contributed by atoms with Crippen molar-refractivity contribution in [3.05, 3.63) is 11.8 Å². The van der Waals surface area contributed by atoms with Gasteiger partial charge in [0.15, 0.2) is 5.78 Å². The van der Waals surface area contributed by atoms with Gasteiger partial charge >= 0.3 is 0 Å². The molecule has 0 aromatic heterocycles. The molecule has 0 aliphatic heterocycles. The summed E-state index contributed by atoms with van der Waals surface area (Å²) < 4.78 is 0. The lowest BCUT2D eigenvalue weighted by Gasteiger charge is -2.24. The van der Waals surface area contributed by atoms with Crippen molar-refractivity contribution >= 4 is 5.78 Å². The molecule has 0 aromatic rings. The van der Waals surface area contributed by atoms with Crippen LogP contribution in [-0.2, 0) is 4.79 Å². The average Bonchev–Trinajstić information content (AvgIpc) is 1.95. The Labute approximate surface area is 87.8 Å². The van der Waals surface area contributed by atoms with Crippen LogP contribution < -0.4 is 5.32 Å². The van der Waals surface area contributed by atoms with Gasteiger partial charge in [0.2, 0.25) is 0 Å². The fourth-order valence-electron chi connectivity index (χ4n) is 1.01. The Hall–Kier alpha value is -0.790. The summed E-state index contributed by atoms with van der Waals surface area (Å²) in [4.78, 5) is 11.8. The maximum atomic E-state index is 11.8. The van der Waals surface area contributed by atoms with Gasteiger partial charge in [-0.05, 0) is 0 Å². The highest BCUT2D eigenvalue weighted by Gasteiger charge is 2.23. The summed E-state index contributed by atoms with van der Waals surface area (Å²) in [7, 11) is 1.85. The van der Waals surface area contributed by atoms with Gasteiger partial charge in [0.25, 0.3) is 0 Å². The van der Waals surface area contributed by atoms with Gasteiger partial charge in [-0.2, -0.15) is 0 Å². The van der Waals surface area contributed by atoms with E-state index in [1.54, 1.807) is 6.08 Å². The number of carbonyl (C=O) groups excluding carboxylic acids is 1. The number of hydrogen-bond acceptors (Lipinski definition) is 2. The first-order valence-corrected chi connectivity index (χ1v) is 5.03. The summed E-state index contributed by atoms with van der Waals surface area (Å²) in [6.07, 6.45) is 1.72. The van der Waals surface area contributed by atoms with E-state index in [4.69, 9.17) is 0 Å². The summed E-state index contributed by atoms with van der Waals surface area (Å²) in [5.74, 6) is 0.164. The molecule has 0 spiro atoms. The highest BCUT2D eigenvalue weighted by molar-refractivity contribution is 5.94. The van der Waals surface area contributed by atoms with Gasteiger partial charge in [0.1, 0.15) is 0 Å². The third-order valence-electron chi connectivity index (χ3n) is 2.09. The van der Waals surface area contributed by atoms with Crippen LogP contribution in [0.4, 0.5) is 0 Å². The molecule has 0 unspecified atom stereocenters. The van der Waals surface area contributed by atoms with Crippen LogP contribution in [0.2, 0.25) is 0 Å². The summed E-state index contributed by atoms with van der Waals surface area (Å²) in [6, 6.07) is 0. The first-order chi connectivity index (χ1) is 6.09. The normalized spacial score (nSPS) is 14.1. The summed E-state index contributed by atoms with van der Waals surface area (Å²) in [5, 5.41) is 3.09. The number of carbonyl (C=O) groups is 1. The Kier molecular flexibility index (Phi) is 3.92. The SMILES string of the molecule is CN/C(=C\C(=O)C(C)(C)C)C(C)(C)C. The van der Waals surface area contributed by atoms with Crippen molar-refractivity contribution in [2.75, 3.05) is 7.05 Å². The number of ketones is 1. The molecule has 82 valence electrons. The van der Waals surface area contributed by atoms with Gasteiger partial charge < -0.3 is 5.32 Å². The maximum absolute atomic E-state index is 11.8. The Balaban J connectivity index is 4.89. The fraction of sp³-hybridized carbons (Fsp3) is 0.750. The molecule has 2 heteroatoms. The second-order valence-electron chi connectivity index (χ2n) is 5.67. The Morgan fingerprint density at radius 1 is 1.00 bits per heavy atom. The molecular weight excluding hydrogens is 174 g/mol. The molecule has 2 nitrogen and oxygen atoms in total. The second-order valence-corrected chi connectivity index (χ2v) is 5.67. The molecule has 0 saturated heterocycles. The number of allylic oxidation sites excluding steroid dienone is 2. The summed E-state index contributed by atoms with van der Waals surface area (Å²) in [5.41, 5.74) is 0.681. The molecule has 0 radical (unpaired) electrons. The van der Waals surface area contributed by atoms with E-state index in [-0.39, 0.29) is 16.6 Å². The molecule has 0 bridgehead atoms. The van der Waals surface area contributed by atoms with Crippen LogP contribution in [0.25, 0.3) is 0 Å². The summed E-state index contributed by atoms with van der Waals surface area (Å²) in [6.45, 7) is 12.1. The van der Waals surface area contributed by atoms with Gasteiger partial charge in [0, 0.05) is 29.7 Å². The zero-order valence-electron chi connectivity index (χ0n) is 10.5. The third-order valence-corrected chi connectivity index (χ3v) is 2.09. The highest BCUT2D eigenvalue weighted by Crippen LogP contribution is 2.24. The van der Waals surface area contributed by atoms with E-state index in [1.807, 2.05) is 27.8 Å². The Bertz CT molecular complexity index is 238. The van der Waals surface area contributed by atoms with Crippen molar-refractivity contribution < 1.29 is 4.79 Å². The molecule has 0 saturated carbocycles. The molecule has 0 aliphatic rings. The van der Waals surface area contributed by atoms with E-state index >= 15 is 0 Å². The van der Waals surface area contributed by atoms with Crippen molar-refractivity contribution in [1.82, 2.24) is 5.32 Å². The first kappa shape index (κ1) is 13.2. The second kappa shape index (κ2) is 4.16. The number of hydrogen-bond donors (Lipinski definition) is 1. The topological polar surface area (TPSA) is 29.1 Å². The monoisotopic (exact) mass is 197 g/mol. The lowest BCUT2D eigenvalue weighted by atomic mass is 9.86. The largest absolute Gasteiger partial charge is 0.391 e. The van der Waals surface area contributed by atoms with Crippen molar-refractivity contribution in [3.8, 4) is 0 Å². The molecule has 0 aliphatic carbocycles. The molecule has 0 aromatic carbocycles. The molecule has 1 N–H and O–H groups in total. The van der Waals surface area contributed by atoms with E-state index in [9.17, 15) is 4.79 Å². The van der Waals surface area contributed by atoms with Crippen LogP contribution in [-0.4, -0.2) is 12.8 Å². The minimum absolute atomic E-state index is 0.00431. The average molecular weight is 197 g/mol. The van der Waals surface area contributed by atoms with Crippen LogP contribution in [0.5, 0.6) is 0 Å². The van der Waals surface area contributed by atoms with E-state index in [1.165, 1.54) is 0 Å². The zero-order valence-corrected chi connectivity index (χ0v) is 10.5. The van der Waals surface area contributed by atoms with Gasteiger partial charge in [-0.15, -0.1) is 0 Å². The molecule has 0 rings (SSSR count). The van der Waals surface area contributed by atoms with Crippen molar-refractivity contribution in [2.24, 2.45) is 10.8 Å². The molecule has 0 amide bonds. The number of nitrogens with one attached hydrogen (secondary N) is 1. The lowest BCUT2D eigenvalue weighted by molar-refractivity contribution is -0.121. The van der Waals surface area contributed by atoms with Crippen LogP contribution in [0.3, 0.4) is 0 Å². The summed E-state index contributed by atoms with van der Waals surface area (Å²) >= 11 is 0. The van der Waals surface area contributed by atoms with E-state index in [0.29, 0.717) is 0 Å². The highest BCUT2D eigenvalue weighted by atomic mass is 16.1. The number of rotatable bonds is 2. The van der Waals surface area contributed by atoms with Crippen LogP contribution in [0, 0.1) is 10.8 Å². The zero-order chi connectivity index (χ0) is 11.6. The van der Waals surface area contributed by atoms with Gasteiger partial charge in [-0.1, -0.05) is 41.5 Å². The predicted molar refractivity (Wildman–Crippen MR) is 61.1 cm³/mol. The fourth-order valence-corrected chi connectivity index (χ4v) is 1.01. The van der Waals surface area contributed by atoms with E-state index in [2.05, 4.69) is 26.1 Å². The van der Waals surface area contributed by atoms with Gasteiger partial charge in [-0.25, -0.2) is 0 Å². The van der Waals surface area contributed by atoms with Crippen LogP contribution in [0.1, 0.15) is 41.5 Å². The van der Waals surface area contributed by atoms with Crippen molar-refractivity contribution in [1.29, 1.82) is 0 Å².